The summed E-state index contributed by atoms with van der Waals surface area (Å²) in [5.41, 5.74) is 2.05. The highest BCUT2D eigenvalue weighted by Gasteiger charge is 2.37. The number of rotatable bonds is 1. The van der Waals surface area contributed by atoms with Crippen LogP contribution in [0.1, 0.15) is 20.7 Å². The first-order chi connectivity index (χ1) is 12.2. The SMILES string of the molecule is O=C1c2cc3ccccc3cc2C(=O)N1c1cccc2cccnc12. The van der Waals surface area contributed by atoms with Crippen LogP contribution in [0.2, 0.25) is 0 Å². The smallest absolute Gasteiger partial charge is 0.266 e. The van der Waals surface area contributed by atoms with Crippen molar-refractivity contribution >= 4 is 39.2 Å². The van der Waals surface area contributed by atoms with Gasteiger partial charge in [-0.25, -0.2) is 4.90 Å². The first-order valence-corrected chi connectivity index (χ1v) is 7.99. The number of anilines is 1. The Morgan fingerprint density at radius 3 is 1.96 bits per heavy atom. The second kappa shape index (κ2) is 4.98. The molecule has 2 amide bonds. The van der Waals surface area contributed by atoms with Gasteiger partial charge >= 0.3 is 0 Å². The summed E-state index contributed by atoms with van der Waals surface area (Å²) in [7, 11) is 0. The molecule has 0 saturated heterocycles. The molecule has 118 valence electrons. The third kappa shape index (κ3) is 1.91. The number of aromatic nitrogens is 1. The van der Waals surface area contributed by atoms with E-state index < -0.39 is 0 Å². The first kappa shape index (κ1) is 13.9. The molecule has 1 aliphatic rings. The summed E-state index contributed by atoms with van der Waals surface area (Å²) in [6.07, 6.45) is 1.66. The molecule has 0 fully saturated rings. The molecule has 0 bridgehead atoms. The van der Waals surface area contributed by atoms with Gasteiger partial charge in [-0.1, -0.05) is 42.5 Å². The van der Waals surface area contributed by atoms with E-state index in [1.165, 1.54) is 4.90 Å². The lowest BCUT2D eigenvalue weighted by atomic mass is 10.0. The van der Waals surface area contributed by atoms with Crippen molar-refractivity contribution < 1.29 is 9.59 Å². The average Bonchev–Trinajstić information content (AvgIpc) is 2.90. The second-order valence-electron chi connectivity index (χ2n) is 6.04. The molecule has 4 heteroatoms. The van der Waals surface area contributed by atoms with Gasteiger partial charge in [-0.15, -0.1) is 0 Å². The van der Waals surface area contributed by atoms with Crippen LogP contribution in [0, 0.1) is 0 Å². The fourth-order valence-corrected chi connectivity index (χ4v) is 3.41. The normalized spacial score (nSPS) is 13.7. The fourth-order valence-electron chi connectivity index (χ4n) is 3.41. The zero-order valence-corrected chi connectivity index (χ0v) is 13.1. The maximum absolute atomic E-state index is 13.0. The van der Waals surface area contributed by atoms with Crippen LogP contribution in [-0.2, 0) is 0 Å². The van der Waals surface area contributed by atoms with E-state index in [0.717, 1.165) is 16.2 Å². The van der Waals surface area contributed by atoms with Gasteiger partial charge in [0.25, 0.3) is 11.8 Å². The van der Waals surface area contributed by atoms with Crippen molar-refractivity contribution in [1.29, 1.82) is 0 Å². The molecule has 0 radical (unpaired) electrons. The Labute approximate surface area is 143 Å². The minimum absolute atomic E-state index is 0.302. The van der Waals surface area contributed by atoms with Crippen LogP contribution in [0.3, 0.4) is 0 Å². The Hall–Kier alpha value is -3.53. The number of imide groups is 1. The molecule has 2 heterocycles. The molecular formula is C21H12N2O2. The van der Waals surface area contributed by atoms with Gasteiger partial charge < -0.3 is 0 Å². The third-order valence-electron chi connectivity index (χ3n) is 4.61. The zero-order chi connectivity index (χ0) is 17.0. The topological polar surface area (TPSA) is 50.3 Å². The molecule has 0 saturated carbocycles. The minimum Gasteiger partial charge on any atom is -0.268 e. The van der Waals surface area contributed by atoms with E-state index in [9.17, 15) is 9.59 Å². The first-order valence-electron chi connectivity index (χ1n) is 7.99. The molecule has 0 spiro atoms. The summed E-state index contributed by atoms with van der Waals surface area (Å²) in [5.74, 6) is -0.604. The van der Waals surface area contributed by atoms with Gasteiger partial charge in [-0.3, -0.25) is 14.6 Å². The highest BCUT2D eigenvalue weighted by Crippen LogP contribution is 2.34. The van der Waals surface area contributed by atoms with Crippen LogP contribution in [0.5, 0.6) is 0 Å². The predicted octanol–water partition coefficient (Wildman–Crippen LogP) is 4.19. The lowest BCUT2D eigenvalue weighted by molar-refractivity contribution is 0.0926. The molecule has 4 nitrogen and oxygen atoms in total. The summed E-state index contributed by atoms with van der Waals surface area (Å²) in [5, 5.41) is 2.78. The summed E-state index contributed by atoms with van der Waals surface area (Å²) in [6.45, 7) is 0. The molecule has 4 aromatic rings. The van der Waals surface area contributed by atoms with E-state index in [-0.39, 0.29) is 11.8 Å². The van der Waals surface area contributed by atoms with Gasteiger partial charge in [0.15, 0.2) is 0 Å². The maximum Gasteiger partial charge on any atom is 0.266 e. The molecular weight excluding hydrogens is 312 g/mol. The number of amides is 2. The number of para-hydroxylation sites is 1. The van der Waals surface area contributed by atoms with Gasteiger partial charge in [0.2, 0.25) is 0 Å². The highest BCUT2D eigenvalue weighted by molar-refractivity contribution is 6.36. The zero-order valence-electron chi connectivity index (χ0n) is 13.1. The molecule has 1 aliphatic heterocycles. The summed E-state index contributed by atoms with van der Waals surface area (Å²) in [6, 6.07) is 20.6. The van der Waals surface area contributed by atoms with E-state index in [1.54, 1.807) is 24.4 Å². The van der Waals surface area contributed by atoms with E-state index in [4.69, 9.17) is 0 Å². The Kier molecular flexibility index (Phi) is 2.76. The Bertz CT molecular complexity index is 1140. The maximum atomic E-state index is 13.0. The van der Waals surface area contributed by atoms with Crippen LogP contribution < -0.4 is 4.90 Å². The largest absolute Gasteiger partial charge is 0.268 e. The monoisotopic (exact) mass is 324 g/mol. The second-order valence-corrected chi connectivity index (χ2v) is 6.04. The van der Waals surface area contributed by atoms with Gasteiger partial charge in [0.1, 0.15) is 0 Å². The van der Waals surface area contributed by atoms with Crippen LogP contribution in [0.4, 0.5) is 5.69 Å². The van der Waals surface area contributed by atoms with Crippen molar-refractivity contribution in [2.75, 3.05) is 4.90 Å². The summed E-state index contributed by atoms with van der Waals surface area (Å²) < 4.78 is 0. The molecule has 25 heavy (non-hydrogen) atoms. The van der Waals surface area contributed by atoms with Crippen molar-refractivity contribution in [2.45, 2.75) is 0 Å². The molecule has 0 N–H and O–H groups in total. The van der Waals surface area contributed by atoms with Crippen molar-refractivity contribution in [3.63, 3.8) is 0 Å². The molecule has 3 aromatic carbocycles. The van der Waals surface area contributed by atoms with Crippen molar-refractivity contribution in [3.05, 3.63) is 84.1 Å². The molecule has 0 unspecified atom stereocenters. The number of benzene rings is 3. The van der Waals surface area contributed by atoms with E-state index >= 15 is 0 Å². The van der Waals surface area contributed by atoms with Gasteiger partial charge in [0, 0.05) is 11.6 Å². The minimum atomic E-state index is -0.302. The lowest BCUT2D eigenvalue weighted by Gasteiger charge is -2.15. The highest BCUT2D eigenvalue weighted by atomic mass is 16.2. The number of hydrogen-bond donors (Lipinski definition) is 0. The molecule has 0 aliphatic carbocycles. The lowest BCUT2D eigenvalue weighted by Crippen LogP contribution is -2.29. The molecule has 5 rings (SSSR count). The van der Waals surface area contributed by atoms with E-state index in [1.807, 2.05) is 48.5 Å². The molecule has 1 aromatic heterocycles. The van der Waals surface area contributed by atoms with Crippen LogP contribution in [-0.4, -0.2) is 16.8 Å². The number of carbonyl (C=O) groups is 2. The van der Waals surface area contributed by atoms with Crippen molar-refractivity contribution in [1.82, 2.24) is 4.98 Å². The fraction of sp³-hybridized carbons (Fsp3) is 0. The van der Waals surface area contributed by atoms with E-state index in [2.05, 4.69) is 4.98 Å². The standard InChI is InChI=1S/C21H12N2O2/c24-20-16-11-14-5-1-2-6-15(14)12-17(16)21(25)23(20)18-9-3-7-13-8-4-10-22-19(13)18/h1-12H. The number of carbonyl (C=O) groups excluding carboxylic acids is 2. The third-order valence-corrected chi connectivity index (χ3v) is 4.61. The van der Waals surface area contributed by atoms with Crippen LogP contribution in [0.15, 0.2) is 72.9 Å². The Morgan fingerprint density at radius 1 is 0.680 bits per heavy atom. The van der Waals surface area contributed by atoms with Gasteiger partial charge in [0.05, 0.1) is 22.3 Å². The van der Waals surface area contributed by atoms with Crippen molar-refractivity contribution in [3.8, 4) is 0 Å². The number of nitrogens with zero attached hydrogens (tertiary/aromatic N) is 2. The number of hydrogen-bond acceptors (Lipinski definition) is 3. The quantitative estimate of drug-likeness (QED) is 0.493. The van der Waals surface area contributed by atoms with Crippen LogP contribution >= 0.6 is 0 Å². The van der Waals surface area contributed by atoms with Gasteiger partial charge in [-0.05, 0) is 35.0 Å². The molecule has 0 atom stereocenters. The average molecular weight is 324 g/mol. The summed E-state index contributed by atoms with van der Waals surface area (Å²) >= 11 is 0. The Balaban J connectivity index is 1.74. The Morgan fingerprint density at radius 2 is 1.28 bits per heavy atom. The van der Waals surface area contributed by atoms with Gasteiger partial charge in [-0.2, -0.15) is 0 Å². The summed E-state index contributed by atoms with van der Waals surface area (Å²) in [4.78, 5) is 31.5. The number of pyridine rings is 1. The van der Waals surface area contributed by atoms with Crippen LogP contribution in [0.25, 0.3) is 21.7 Å². The van der Waals surface area contributed by atoms with E-state index in [0.29, 0.717) is 22.3 Å². The number of fused-ring (bicyclic) bond motifs is 3. The predicted molar refractivity (Wildman–Crippen MR) is 96.8 cm³/mol. The van der Waals surface area contributed by atoms with Crippen molar-refractivity contribution in [2.24, 2.45) is 0 Å².